The van der Waals surface area contributed by atoms with Crippen LogP contribution in [0.2, 0.25) is 0 Å². The van der Waals surface area contributed by atoms with E-state index < -0.39 is 18.0 Å². The monoisotopic (exact) mass is 280 g/mol. The van der Waals surface area contributed by atoms with Crippen molar-refractivity contribution < 1.29 is 19.4 Å². The lowest BCUT2D eigenvalue weighted by Gasteiger charge is -2.18. The summed E-state index contributed by atoms with van der Waals surface area (Å²) in [7, 11) is 0. The van der Waals surface area contributed by atoms with Crippen molar-refractivity contribution in [1.82, 2.24) is 5.32 Å². The highest BCUT2D eigenvalue weighted by atomic mass is 16.5. The molecular weight excluding hydrogens is 260 g/mol. The van der Waals surface area contributed by atoms with Crippen LogP contribution in [0.1, 0.15) is 20.8 Å². The number of benzene rings is 1. The van der Waals surface area contributed by atoms with Crippen LogP contribution in [0, 0.1) is 5.92 Å². The van der Waals surface area contributed by atoms with E-state index in [1.807, 2.05) is 6.92 Å². The minimum atomic E-state index is -1.06. The number of carbonyl (C=O) groups excluding carboxylic acids is 1. The molecule has 0 unspecified atom stereocenters. The molecule has 0 aliphatic rings. The molecule has 0 spiro atoms. The molecule has 1 atom stereocenters. The fourth-order valence-corrected chi connectivity index (χ4v) is 1.65. The van der Waals surface area contributed by atoms with Gasteiger partial charge in [-0.15, -0.1) is 0 Å². The summed E-state index contributed by atoms with van der Waals surface area (Å²) in [5.41, 5.74) is 0.543. The van der Waals surface area contributed by atoms with Gasteiger partial charge in [0.05, 0.1) is 6.61 Å². The van der Waals surface area contributed by atoms with E-state index in [0.717, 1.165) is 0 Å². The zero-order valence-electron chi connectivity index (χ0n) is 11.8. The SMILES string of the molecule is CCOc1cccc(NC(=O)N[C@H](C(=O)O)C(C)C)c1. The highest BCUT2D eigenvalue weighted by Gasteiger charge is 2.23. The van der Waals surface area contributed by atoms with Gasteiger partial charge in [-0.25, -0.2) is 9.59 Å². The van der Waals surface area contributed by atoms with Crippen molar-refractivity contribution in [2.75, 3.05) is 11.9 Å². The summed E-state index contributed by atoms with van der Waals surface area (Å²) < 4.78 is 5.32. The lowest BCUT2D eigenvalue weighted by Crippen LogP contribution is -2.46. The molecule has 0 radical (unpaired) electrons. The summed E-state index contributed by atoms with van der Waals surface area (Å²) in [6.45, 7) is 5.86. The average molecular weight is 280 g/mol. The summed E-state index contributed by atoms with van der Waals surface area (Å²) in [6, 6.07) is 5.42. The molecule has 0 aromatic heterocycles. The third-order valence-electron chi connectivity index (χ3n) is 2.62. The maximum atomic E-state index is 11.8. The second-order valence-electron chi connectivity index (χ2n) is 4.62. The number of amides is 2. The van der Waals surface area contributed by atoms with Gasteiger partial charge < -0.3 is 20.5 Å². The molecule has 0 saturated heterocycles. The molecule has 3 N–H and O–H groups in total. The van der Waals surface area contributed by atoms with E-state index in [2.05, 4.69) is 10.6 Å². The summed E-state index contributed by atoms with van der Waals surface area (Å²) in [5, 5.41) is 14.0. The summed E-state index contributed by atoms with van der Waals surface area (Å²) in [6.07, 6.45) is 0. The molecule has 1 aromatic rings. The number of aliphatic carboxylic acids is 1. The summed E-state index contributed by atoms with van der Waals surface area (Å²) >= 11 is 0. The molecule has 6 heteroatoms. The Bertz CT molecular complexity index is 474. The highest BCUT2D eigenvalue weighted by molar-refractivity contribution is 5.92. The third-order valence-corrected chi connectivity index (χ3v) is 2.62. The summed E-state index contributed by atoms with van der Waals surface area (Å²) in [5.74, 6) is -0.616. The Morgan fingerprint density at radius 2 is 2.05 bits per heavy atom. The third kappa shape index (κ3) is 4.79. The van der Waals surface area contributed by atoms with Crippen LogP contribution in [0.4, 0.5) is 10.5 Å². The number of carboxylic acid groups (broad SMARTS) is 1. The van der Waals surface area contributed by atoms with Gasteiger partial charge in [0.15, 0.2) is 0 Å². The van der Waals surface area contributed by atoms with Crippen molar-refractivity contribution >= 4 is 17.7 Å². The Hall–Kier alpha value is -2.24. The average Bonchev–Trinajstić information content (AvgIpc) is 2.36. The molecule has 0 heterocycles. The van der Waals surface area contributed by atoms with Gasteiger partial charge in [0.1, 0.15) is 11.8 Å². The van der Waals surface area contributed by atoms with Gasteiger partial charge in [-0.3, -0.25) is 0 Å². The second-order valence-corrected chi connectivity index (χ2v) is 4.62. The number of nitrogens with one attached hydrogen (secondary N) is 2. The number of ether oxygens (including phenoxy) is 1. The zero-order chi connectivity index (χ0) is 15.1. The van der Waals surface area contributed by atoms with Crippen LogP contribution < -0.4 is 15.4 Å². The van der Waals surface area contributed by atoms with Crippen molar-refractivity contribution in [1.29, 1.82) is 0 Å². The maximum Gasteiger partial charge on any atom is 0.326 e. The number of anilines is 1. The van der Waals surface area contributed by atoms with Crippen LogP contribution in [-0.4, -0.2) is 29.8 Å². The van der Waals surface area contributed by atoms with Gasteiger partial charge in [0.25, 0.3) is 0 Å². The first-order valence-electron chi connectivity index (χ1n) is 6.47. The Morgan fingerprint density at radius 3 is 2.60 bits per heavy atom. The standard InChI is InChI=1S/C14H20N2O4/c1-4-20-11-7-5-6-10(8-11)15-14(19)16-12(9(2)3)13(17)18/h5-9,12H,4H2,1-3H3,(H,17,18)(H2,15,16,19)/t12-/m0/s1. The minimum absolute atomic E-state index is 0.201. The van der Waals surface area contributed by atoms with E-state index in [1.54, 1.807) is 38.1 Å². The molecule has 0 aliphatic heterocycles. The van der Waals surface area contributed by atoms with Gasteiger partial charge in [-0.1, -0.05) is 19.9 Å². The largest absolute Gasteiger partial charge is 0.494 e. The van der Waals surface area contributed by atoms with Crippen molar-refractivity contribution in [3.05, 3.63) is 24.3 Å². The summed E-state index contributed by atoms with van der Waals surface area (Å²) in [4.78, 5) is 22.8. The van der Waals surface area contributed by atoms with Crippen molar-refractivity contribution in [3.8, 4) is 5.75 Å². The first-order valence-corrected chi connectivity index (χ1v) is 6.47. The Balaban J connectivity index is 2.66. The zero-order valence-corrected chi connectivity index (χ0v) is 11.8. The van der Waals surface area contributed by atoms with Gasteiger partial charge in [0.2, 0.25) is 0 Å². The van der Waals surface area contributed by atoms with Crippen molar-refractivity contribution in [2.24, 2.45) is 5.92 Å². The van der Waals surface area contributed by atoms with E-state index in [0.29, 0.717) is 18.0 Å². The predicted molar refractivity (Wildman–Crippen MR) is 76.0 cm³/mol. The lowest BCUT2D eigenvalue weighted by molar-refractivity contribution is -0.140. The van der Waals surface area contributed by atoms with Crippen LogP contribution in [0.3, 0.4) is 0 Å². The fraction of sp³-hybridized carbons (Fsp3) is 0.429. The first-order chi connectivity index (χ1) is 9.43. The molecule has 0 fully saturated rings. The quantitative estimate of drug-likeness (QED) is 0.746. The fourth-order valence-electron chi connectivity index (χ4n) is 1.65. The molecule has 0 aliphatic carbocycles. The maximum absolute atomic E-state index is 11.8. The number of rotatable bonds is 6. The molecular formula is C14H20N2O4. The van der Waals surface area contributed by atoms with Crippen molar-refractivity contribution in [3.63, 3.8) is 0 Å². The van der Waals surface area contributed by atoms with E-state index in [4.69, 9.17) is 9.84 Å². The molecule has 1 aromatic carbocycles. The molecule has 20 heavy (non-hydrogen) atoms. The number of urea groups is 1. The Kier molecular flexibility index (Phi) is 5.83. The van der Waals surface area contributed by atoms with Crippen LogP contribution in [0.25, 0.3) is 0 Å². The predicted octanol–water partition coefficient (Wildman–Crippen LogP) is 2.32. The van der Waals surface area contributed by atoms with Gasteiger partial charge >= 0.3 is 12.0 Å². The minimum Gasteiger partial charge on any atom is -0.494 e. The lowest BCUT2D eigenvalue weighted by atomic mass is 10.1. The van der Waals surface area contributed by atoms with Gasteiger partial charge in [0, 0.05) is 11.8 Å². The molecule has 6 nitrogen and oxygen atoms in total. The van der Waals surface area contributed by atoms with Crippen LogP contribution in [0.5, 0.6) is 5.75 Å². The van der Waals surface area contributed by atoms with Crippen molar-refractivity contribution in [2.45, 2.75) is 26.8 Å². The molecule has 2 amide bonds. The van der Waals surface area contributed by atoms with E-state index in [-0.39, 0.29) is 5.92 Å². The molecule has 110 valence electrons. The number of hydrogen-bond acceptors (Lipinski definition) is 3. The van der Waals surface area contributed by atoms with E-state index >= 15 is 0 Å². The number of carbonyl (C=O) groups is 2. The topological polar surface area (TPSA) is 87.7 Å². The van der Waals surface area contributed by atoms with Crippen LogP contribution in [-0.2, 0) is 4.79 Å². The second kappa shape index (κ2) is 7.37. The Morgan fingerprint density at radius 1 is 1.35 bits per heavy atom. The Labute approximate surface area is 118 Å². The smallest absolute Gasteiger partial charge is 0.326 e. The van der Waals surface area contributed by atoms with E-state index in [9.17, 15) is 9.59 Å². The first kappa shape index (κ1) is 15.8. The number of hydrogen-bond donors (Lipinski definition) is 3. The molecule has 0 saturated carbocycles. The normalized spacial score (nSPS) is 11.8. The molecule has 1 rings (SSSR count). The van der Waals surface area contributed by atoms with Gasteiger partial charge in [-0.05, 0) is 25.0 Å². The van der Waals surface area contributed by atoms with Crippen LogP contribution >= 0.6 is 0 Å². The highest BCUT2D eigenvalue weighted by Crippen LogP contribution is 2.17. The number of carboxylic acids is 1. The van der Waals surface area contributed by atoms with Gasteiger partial charge in [-0.2, -0.15) is 0 Å². The molecule has 0 bridgehead atoms. The van der Waals surface area contributed by atoms with E-state index in [1.165, 1.54) is 0 Å². The van der Waals surface area contributed by atoms with Crippen LogP contribution in [0.15, 0.2) is 24.3 Å².